The number of carbonyl (C=O) groups is 2. The normalized spacial score (nSPS) is 10.4. The maximum Gasteiger partial charge on any atom is 0.270 e. The highest BCUT2D eigenvalue weighted by Crippen LogP contribution is 2.18. The predicted octanol–water partition coefficient (Wildman–Crippen LogP) is 3.48. The van der Waals surface area contributed by atoms with Gasteiger partial charge < -0.3 is 0 Å². The van der Waals surface area contributed by atoms with E-state index in [9.17, 15) is 9.59 Å². The second-order valence-electron chi connectivity index (χ2n) is 5.49. The minimum atomic E-state index is -0.342. The highest BCUT2D eigenvalue weighted by atomic mass is 16.2. The molecule has 0 unspecified atom stereocenters. The number of hydrogen-bond acceptors (Lipinski definition) is 2. The number of hydrazine groups is 1. The van der Waals surface area contributed by atoms with Crippen molar-refractivity contribution in [1.82, 2.24) is 10.9 Å². The van der Waals surface area contributed by atoms with Crippen LogP contribution in [0.4, 0.5) is 0 Å². The van der Waals surface area contributed by atoms with Crippen molar-refractivity contribution in [1.29, 1.82) is 0 Å². The molecule has 0 saturated heterocycles. The summed E-state index contributed by atoms with van der Waals surface area (Å²) in [7, 11) is 0. The van der Waals surface area contributed by atoms with E-state index in [1.807, 2.05) is 48.5 Å². The van der Waals surface area contributed by atoms with Crippen molar-refractivity contribution in [3.8, 4) is 0 Å². The number of nitrogens with one attached hydrogen (secondary N) is 2. The molecule has 0 aromatic heterocycles. The van der Waals surface area contributed by atoms with Gasteiger partial charge in [0.1, 0.15) is 0 Å². The molecule has 120 valence electrons. The highest BCUT2D eigenvalue weighted by Gasteiger charge is 2.11. The van der Waals surface area contributed by atoms with E-state index in [2.05, 4.69) is 17.8 Å². The molecule has 0 saturated carbocycles. The van der Waals surface area contributed by atoms with Crippen molar-refractivity contribution in [3.05, 3.63) is 83.4 Å². The molecule has 2 amide bonds. The zero-order chi connectivity index (χ0) is 16.9. The molecule has 4 nitrogen and oxygen atoms in total. The highest BCUT2D eigenvalue weighted by molar-refractivity contribution is 6.07. The Morgan fingerprint density at radius 1 is 0.792 bits per heavy atom. The third-order valence-electron chi connectivity index (χ3n) is 3.95. The monoisotopic (exact) mass is 318 g/mol. The zero-order valence-electron chi connectivity index (χ0n) is 13.4. The molecule has 3 aromatic rings. The lowest BCUT2D eigenvalue weighted by Gasteiger charge is -2.09. The first kappa shape index (κ1) is 15.7. The van der Waals surface area contributed by atoms with E-state index in [1.54, 1.807) is 18.2 Å². The Bertz CT molecular complexity index is 880. The molecular formula is C20H18N2O2. The van der Waals surface area contributed by atoms with E-state index in [-0.39, 0.29) is 11.8 Å². The average molecular weight is 318 g/mol. The third kappa shape index (κ3) is 3.27. The molecule has 0 radical (unpaired) electrons. The van der Waals surface area contributed by atoms with Crippen molar-refractivity contribution in [2.75, 3.05) is 0 Å². The van der Waals surface area contributed by atoms with Gasteiger partial charge in [0.2, 0.25) is 0 Å². The summed E-state index contributed by atoms with van der Waals surface area (Å²) in [6.07, 6.45) is 0.916. The average Bonchev–Trinajstić information content (AvgIpc) is 2.65. The van der Waals surface area contributed by atoms with Crippen LogP contribution < -0.4 is 10.9 Å². The van der Waals surface area contributed by atoms with Gasteiger partial charge >= 0.3 is 0 Å². The van der Waals surface area contributed by atoms with Crippen molar-refractivity contribution in [2.24, 2.45) is 0 Å². The van der Waals surface area contributed by atoms with E-state index in [1.165, 1.54) is 0 Å². The first-order valence-corrected chi connectivity index (χ1v) is 7.86. The van der Waals surface area contributed by atoms with Crippen molar-refractivity contribution < 1.29 is 9.59 Å². The Labute approximate surface area is 140 Å². The minimum Gasteiger partial charge on any atom is -0.267 e. The SMILES string of the molecule is CCc1ccc(C(=O)NNC(=O)c2cccc3ccccc23)cc1. The first-order valence-electron chi connectivity index (χ1n) is 7.86. The lowest BCUT2D eigenvalue weighted by molar-refractivity contribution is 0.0847. The van der Waals surface area contributed by atoms with Gasteiger partial charge in [0.05, 0.1) is 0 Å². The summed E-state index contributed by atoms with van der Waals surface area (Å²) in [5, 5.41) is 1.82. The summed E-state index contributed by atoms with van der Waals surface area (Å²) in [6, 6.07) is 20.4. The number of hydrogen-bond donors (Lipinski definition) is 2. The summed E-state index contributed by atoms with van der Waals surface area (Å²) in [5.74, 6) is -0.684. The number of benzene rings is 3. The maximum atomic E-state index is 12.4. The molecule has 0 heterocycles. The number of amides is 2. The summed E-state index contributed by atoms with van der Waals surface area (Å²) in [4.78, 5) is 24.5. The van der Waals surface area contributed by atoms with Crippen molar-refractivity contribution in [3.63, 3.8) is 0 Å². The number of aryl methyl sites for hydroxylation is 1. The molecule has 4 heteroatoms. The molecule has 2 N–H and O–H groups in total. The van der Waals surface area contributed by atoms with Crippen LogP contribution in [0.1, 0.15) is 33.2 Å². The van der Waals surface area contributed by atoms with Crippen LogP contribution in [0.15, 0.2) is 66.7 Å². The predicted molar refractivity (Wildman–Crippen MR) is 94.7 cm³/mol. The van der Waals surface area contributed by atoms with E-state index in [0.29, 0.717) is 11.1 Å². The van der Waals surface area contributed by atoms with Crippen LogP contribution in [-0.4, -0.2) is 11.8 Å². The second-order valence-corrected chi connectivity index (χ2v) is 5.49. The van der Waals surface area contributed by atoms with Gasteiger partial charge in [0.25, 0.3) is 11.8 Å². The van der Waals surface area contributed by atoms with Crippen LogP contribution in [0.2, 0.25) is 0 Å². The fraction of sp³-hybridized carbons (Fsp3) is 0.100. The molecule has 3 rings (SSSR count). The van der Waals surface area contributed by atoms with Gasteiger partial charge in [-0.1, -0.05) is 55.5 Å². The van der Waals surface area contributed by atoms with Gasteiger partial charge in [0, 0.05) is 11.1 Å². The summed E-state index contributed by atoms with van der Waals surface area (Å²) < 4.78 is 0. The van der Waals surface area contributed by atoms with Crippen LogP contribution in [-0.2, 0) is 6.42 Å². The Morgan fingerprint density at radius 2 is 1.46 bits per heavy atom. The van der Waals surface area contributed by atoms with Gasteiger partial charge in [-0.2, -0.15) is 0 Å². The molecule has 0 aliphatic rings. The summed E-state index contributed by atoms with van der Waals surface area (Å²) in [6.45, 7) is 2.06. The molecule has 0 spiro atoms. The second kappa shape index (κ2) is 6.96. The molecule has 0 fully saturated rings. The van der Waals surface area contributed by atoms with E-state index >= 15 is 0 Å². The van der Waals surface area contributed by atoms with E-state index in [0.717, 1.165) is 22.8 Å². The fourth-order valence-electron chi connectivity index (χ4n) is 2.57. The van der Waals surface area contributed by atoms with Crippen LogP contribution in [0.3, 0.4) is 0 Å². The van der Waals surface area contributed by atoms with Gasteiger partial charge in [-0.3, -0.25) is 20.4 Å². The number of rotatable bonds is 3. The molecule has 3 aromatic carbocycles. The first-order chi connectivity index (χ1) is 11.7. The summed E-state index contributed by atoms with van der Waals surface area (Å²) >= 11 is 0. The smallest absolute Gasteiger partial charge is 0.267 e. The molecule has 0 aliphatic heterocycles. The van der Waals surface area contributed by atoms with Gasteiger partial charge in [-0.15, -0.1) is 0 Å². The van der Waals surface area contributed by atoms with Crippen molar-refractivity contribution >= 4 is 22.6 Å². The quantitative estimate of drug-likeness (QED) is 0.726. The Kier molecular flexibility index (Phi) is 4.57. The zero-order valence-corrected chi connectivity index (χ0v) is 13.4. The number of carbonyl (C=O) groups excluding carboxylic acids is 2. The Balaban J connectivity index is 1.71. The van der Waals surface area contributed by atoms with E-state index in [4.69, 9.17) is 0 Å². The lowest BCUT2D eigenvalue weighted by atomic mass is 10.0. The molecular weight excluding hydrogens is 300 g/mol. The minimum absolute atomic E-state index is 0.341. The topological polar surface area (TPSA) is 58.2 Å². The maximum absolute atomic E-state index is 12.4. The fourth-order valence-corrected chi connectivity index (χ4v) is 2.57. The largest absolute Gasteiger partial charge is 0.270 e. The van der Waals surface area contributed by atoms with Crippen LogP contribution in [0.25, 0.3) is 10.8 Å². The van der Waals surface area contributed by atoms with E-state index < -0.39 is 0 Å². The van der Waals surface area contributed by atoms with Crippen LogP contribution >= 0.6 is 0 Å². The standard InChI is InChI=1S/C20H18N2O2/c1-2-14-10-12-16(13-11-14)19(23)21-22-20(24)18-9-5-7-15-6-3-4-8-17(15)18/h3-13H,2H2,1H3,(H,21,23)(H,22,24). The Morgan fingerprint density at radius 3 is 2.21 bits per heavy atom. The lowest BCUT2D eigenvalue weighted by Crippen LogP contribution is -2.41. The third-order valence-corrected chi connectivity index (χ3v) is 3.95. The van der Waals surface area contributed by atoms with Crippen LogP contribution in [0.5, 0.6) is 0 Å². The van der Waals surface area contributed by atoms with Gasteiger partial charge in [-0.25, -0.2) is 0 Å². The van der Waals surface area contributed by atoms with Crippen LogP contribution in [0, 0.1) is 0 Å². The molecule has 0 atom stereocenters. The van der Waals surface area contributed by atoms with Gasteiger partial charge in [0.15, 0.2) is 0 Å². The summed E-state index contributed by atoms with van der Waals surface area (Å²) in [5.41, 5.74) is 7.13. The molecule has 0 aliphatic carbocycles. The molecule has 0 bridgehead atoms. The Hall–Kier alpha value is -3.14. The molecule has 24 heavy (non-hydrogen) atoms. The van der Waals surface area contributed by atoms with Crippen molar-refractivity contribution in [2.45, 2.75) is 13.3 Å². The number of fused-ring (bicyclic) bond motifs is 1. The van der Waals surface area contributed by atoms with Gasteiger partial charge in [-0.05, 0) is 41.0 Å².